The van der Waals surface area contributed by atoms with Crippen LogP contribution in [0.3, 0.4) is 0 Å². The SMILES string of the molecule is CCOC(=O)CC[C@@H](NC(=O)c1ccc(CCc2cnc3nc(N)nc(N)c3c2)cc1)C(=O)OCC. The maximum atomic E-state index is 12.7. The third kappa shape index (κ3) is 7.11. The molecule has 36 heavy (non-hydrogen) atoms. The Bertz CT molecular complexity index is 1230. The molecule has 0 saturated carbocycles. The van der Waals surface area contributed by atoms with Gasteiger partial charge >= 0.3 is 11.9 Å². The maximum Gasteiger partial charge on any atom is 0.328 e. The quantitative estimate of drug-likeness (QED) is 0.335. The number of anilines is 2. The van der Waals surface area contributed by atoms with Gasteiger partial charge in [-0.1, -0.05) is 12.1 Å². The molecule has 3 aromatic rings. The van der Waals surface area contributed by atoms with Gasteiger partial charge in [0.25, 0.3) is 5.91 Å². The Morgan fingerprint density at radius 3 is 2.36 bits per heavy atom. The van der Waals surface area contributed by atoms with Crippen LogP contribution in [0, 0.1) is 0 Å². The van der Waals surface area contributed by atoms with E-state index < -0.39 is 23.9 Å². The van der Waals surface area contributed by atoms with Gasteiger partial charge in [0.2, 0.25) is 5.95 Å². The molecule has 11 heteroatoms. The van der Waals surface area contributed by atoms with Crippen molar-refractivity contribution in [2.45, 2.75) is 45.6 Å². The summed E-state index contributed by atoms with van der Waals surface area (Å²) >= 11 is 0. The number of nitrogens with one attached hydrogen (secondary N) is 1. The molecule has 190 valence electrons. The van der Waals surface area contributed by atoms with Crippen molar-refractivity contribution in [3.63, 3.8) is 0 Å². The van der Waals surface area contributed by atoms with E-state index in [1.54, 1.807) is 32.2 Å². The number of esters is 2. The average Bonchev–Trinajstić information content (AvgIpc) is 2.85. The molecule has 0 bridgehead atoms. The van der Waals surface area contributed by atoms with Crippen LogP contribution >= 0.6 is 0 Å². The Hall–Kier alpha value is -4.28. The first-order chi connectivity index (χ1) is 17.3. The fraction of sp³-hybridized carbons (Fsp3) is 0.360. The highest BCUT2D eigenvalue weighted by atomic mass is 16.5. The number of benzene rings is 1. The second-order valence-electron chi connectivity index (χ2n) is 8.00. The highest BCUT2D eigenvalue weighted by Crippen LogP contribution is 2.19. The molecule has 11 nitrogen and oxygen atoms in total. The third-order valence-electron chi connectivity index (χ3n) is 5.39. The van der Waals surface area contributed by atoms with Gasteiger partial charge in [0.1, 0.15) is 11.9 Å². The van der Waals surface area contributed by atoms with E-state index in [0.29, 0.717) is 29.4 Å². The van der Waals surface area contributed by atoms with Crippen molar-refractivity contribution in [3.8, 4) is 0 Å². The number of aromatic nitrogens is 3. The van der Waals surface area contributed by atoms with Crippen LogP contribution in [0.1, 0.15) is 48.2 Å². The van der Waals surface area contributed by atoms with Crippen molar-refractivity contribution in [2.75, 3.05) is 24.7 Å². The number of nitrogens with zero attached hydrogens (tertiary/aromatic N) is 3. The molecule has 0 fully saturated rings. The number of hydrogen-bond acceptors (Lipinski definition) is 10. The fourth-order valence-corrected chi connectivity index (χ4v) is 3.57. The lowest BCUT2D eigenvalue weighted by Gasteiger charge is -2.17. The van der Waals surface area contributed by atoms with Crippen molar-refractivity contribution >= 4 is 40.6 Å². The smallest absolute Gasteiger partial charge is 0.328 e. The number of rotatable bonds is 11. The molecule has 2 aromatic heterocycles. The largest absolute Gasteiger partial charge is 0.466 e. The number of aryl methyl sites for hydroxylation is 2. The summed E-state index contributed by atoms with van der Waals surface area (Å²) in [6.45, 7) is 3.79. The van der Waals surface area contributed by atoms with Crippen LogP contribution in [-0.2, 0) is 31.9 Å². The zero-order chi connectivity index (χ0) is 26.1. The number of hydrogen-bond donors (Lipinski definition) is 3. The van der Waals surface area contributed by atoms with Gasteiger partial charge in [-0.2, -0.15) is 9.97 Å². The van der Waals surface area contributed by atoms with E-state index in [1.807, 2.05) is 18.2 Å². The summed E-state index contributed by atoms with van der Waals surface area (Å²) in [6, 6.07) is 8.01. The fourth-order valence-electron chi connectivity index (χ4n) is 3.57. The molecule has 0 spiro atoms. The van der Waals surface area contributed by atoms with E-state index >= 15 is 0 Å². The van der Waals surface area contributed by atoms with Crippen LogP contribution in [0.15, 0.2) is 36.5 Å². The van der Waals surface area contributed by atoms with Crippen molar-refractivity contribution in [2.24, 2.45) is 0 Å². The molecule has 2 heterocycles. The van der Waals surface area contributed by atoms with Gasteiger partial charge in [-0.25, -0.2) is 9.78 Å². The predicted molar refractivity (Wildman–Crippen MR) is 134 cm³/mol. The normalized spacial score (nSPS) is 11.6. The number of ether oxygens (including phenoxy) is 2. The van der Waals surface area contributed by atoms with Gasteiger partial charge < -0.3 is 26.3 Å². The molecule has 3 rings (SSSR count). The summed E-state index contributed by atoms with van der Waals surface area (Å²) in [5.41, 5.74) is 14.4. The van der Waals surface area contributed by atoms with E-state index in [9.17, 15) is 14.4 Å². The van der Waals surface area contributed by atoms with Gasteiger partial charge in [-0.05, 0) is 62.4 Å². The lowest BCUT2D eigenvalue weighted by atomic mass is 10.0. The average molecular weight is 495 g/mol. The van der Waals surface area contributed by atoms with Crippen LogP contribution in [0.2, 0.25) is 0 Å². The lowest BCUT2D eigenvalue weighted by molar-refractivity contribution is -0.146. The van der Waals surface area contributed by atoms with E-state index in [1.165, 1.54) is 0 Å². The zero-order valence-corrected chi connectivity index (χ0v) is 20.3. The Morgan fingerprint density at radius 2 is 1.67 bits per heavy atom. The Labute approximate surface area is 208 Å². The van der Waals surface area contributed by atoms with Gasteiger partial charge in [-0.3, -0.25) is 9.59 Å². The van der Waals surface area contributed by atoms with Crippen LogP contribution in [0.25, 0.3) is 11.0 Å². The maximum absolute atomic E-state index is 12.7. The van der Waals surface area contributed by atoms with Crippen LogP contribution in [0.4, 0.5) is 11.8 Å². The number of fused-ring (bicyclic) bond motifs is 1. The third-order valence-corrected chi connectivity index (χ3v) is 5.39. The molecule has 0 unspecified atom stereocenters. The highest BCUT2D eigenvalue weighted by molar-refractivity contribution is 5.97. The van der Waals surface area contributed by atoms with Gasteiger partial charge in [0.05, 0.1) is 18.6 Å². The summed E-state index contributed by atoms with van der Waals surface area (Å²) in [5.74, 6) is -1.10. The van der Waals surface area contributed by atoms with Crippen molar-refractivity contribution in [1.29, 1.82) is 0 Å². The van der Waals surface area contributed by atoms with E-state index in [2.05, 4.69) is 20.3 Å². The van der Waals surface area contributed by atoms with Crippen LogP contribution in [-0.4, -0.2) is 52.1 Å². The van der Waals surface area contributed by atoms with Crippen LogP contribution < -0.4 is 16.8 Å². The molecular weight excluding hydrogens is 464 g/mol. The molecule has 1 atom stereocenters. The zero-order valence-electron chi connectivity index (χ0n) is 20.3. The Balaban J connectivity index is 1.61. The lowest BCUT2D eigenvalue weighted by Crippen LogP contribution is -2.42. The van der Waals surface area contributed by atoms with Gasteiger partial charge in [-0.15, -0.1) is 0 Å². The summed E-state index contributed by atoms with van der Waals surface area (Å²) < 4.78 is 9.93. The van der Waals surface area contributed by atoms with Gasteiger partial charge in [0, 0.05) is 18.2 Å². The standard InChI is InChI=1S/C25H30N6O5/c1-3-35-20(32)12-11-19(24(34)36-4-2)29-23(33)17-9-7-15(8-10-17)5-6-16-13-18-21(26)30-25(27)31-22(18)28-14-16/h7-10,13-14,19H,3-6,11-12H2,1-2H3,(H,29,33)(H4,26,27,28,30,31)/t19-/m1/s1. The molecule has 1 amide bonds. The number of carbonyl (C=O) groups excluding carboxylic acids is 3. The van der Waals surface area contributed by atoms with Crippen molar-refractivity contribution < 1.29 is 23.9 Å². The van der Waals surface area contributed by atoms with E-state index in [0.717, 1.165) is 11.1 Å². The van der Waals surface area contributed by atoms with E-state index in [4.69, 9.17) is 20.9 Å². The summed E-state index contributed by atoms with van der Waals surface area (Å²) in [7, 11) is 0. The number of nitrogen functional groups attached to an aromatic ring is 2. The Morgan fingerprint density at radius 1 is 0.972 bits per heavy atom. The number of carbonyl (C=O) groups is 3. The molecule has 1 aromatic carbocycles. The van der Waals surface area contributed by atoms with Crippen molar-refractivity contribution in [3.05, 3.63) is 53.2 Å². The highest BCUT2D eigenvalue weighted by Gasteiger charge is 2.24. The number of amides is 1. The Kier molecular flexibility index (Phi) is 9.09. The first-order valence-electron chi connectivity index (χ1n) is 11.7. The molecule has 0 aliphatic carbocycles. The minimum Gasteiger partial charge on any atom is -0.466 e. The summed E-state index contributed by atoms with van der Waals surface area (Å²) in [6.07, 6.45) is 3.20. The first-order valence-corrected chi connectivity index (χ1v) is 11.7. The molecule has 0 radical (unpaired) electrons. The topological polar surface area (TPSA) is 172 Å². The molecule has 5 N–H and O–H groups in total. The second kappa shape index (κ2) is 12.4. The van der Waals surface area contributed by atoms with Crippen LogP contribution in [0.5, 0.6) is 0 Å². The van der Waals surface area contributed by atoms with Crippen molar-refractivity contribution in [1.82, 2.24) is 20.3 Å². The molecule has 0 aliphatic rings. The second-order valence-corrected chi connectivity index (χ2v) is 8.00. The minimum absolute atomic E-state index is 0.00860. The molecular formula is C25H30N6O5. The van der Waals surface area contributed by atoms with E-state index in [-0.39, 0.29) is 37.8 Å². The molecule has 0 saturated heterocycles. The molecule has 0 aliphatic heterocycles. The first kappa shape index (κ1) is 26.3. The monoisotopic (exact) mass is 494 g/mol. The summed E-state index contributed by atoms with van der Waals surface area (Å²) in [4.78, 5) is 49.0. The van der Waals surface area contributed by atoms with Gasteiger partial charge in [0.15, 0.2) is 5.65 Å². The summed E-state index contributed by atoms with van der Waals surface area (Å²) in [5, 5.41) is 3.30. The minimum atomic E-state index is -0.950. The number of pyridine rings is 1. The predicted octanol–water partition coefficient (Wildman–Crippen LogP) is 1.98. The number of nitrogens with two attached hydrogens (primary N) is 2.